The minimum absolute atomic E-state index is 0.470. The molecular formula is C16H22N2OS. The fraction of sp³-hybridized carbons (Fsp3) is 0.438. The number of aromatic nitrogens is 1. The van der Waals surface area contributed by atoms with Crippen molar-refractivity contribution in [3.05, 3.63) is 47.0 Å². The van der Waals surface area contributed by atoms with Gasteiger partial charge in [-0.1, -0.05) is 25.6 Å². The van der Waals surface area contributed by atoms with Crippen LogP contribution in [0.1, 0.15) is 36.6 Å². The Morgan fingerprint density at radius 2 is 1.95 bits per heavy atom. The second-order valence-corrected chi connectivity index (χ2v) is 6.31. The van der Waals surface area contributed by atoms with Crippen molar-refractivity contribution in [2.24, 2.45) is 0 Å². The molecule has 2 aromatic heterocycles. The number of nitrogens with one attached hydrogen (secondary N) is 1. The van der Waals surface area contributed by atoms with E-state index in [1.54, 1.807) is 11.8 Å². The molecule has 2 heterocycles. The lowest BCUT2D eigenvalue weighted by atomic mass is 10.3. The average Bonchev–Trinajstić information content (AvgIpc) is 2.81. The molecule has 3 nitrogen and oxygen atoms in total. The summed E-state index contributed by atoms with van der Waals surface area (Å²) in [6.45, 7) is 9.17. The summed E-state index contributed by atoms with van der Waals surface area (Å²) < 4.78 is 5.81. The van der Waals surface area contributed by atoms with Crippen molar-refractivity contribution in [3.63, 3.8) is 0 Å². The number of rotatable bonds is 6. The normalized spacial score (nSPS) is 11.2. The van der Waals surface area contributed by atoms with Crippen molar-refractivity contribution >= 4 is 11.8 Å². The maximum Gasteiger partial charge on any atom is 0.118 e. The number of hydrogen-bond acceptors (Lipinski definition) is 4. The molecule has 0 aliphatic heterocycles. The zero-order valence-corrected chi connectivity index (χ0v) is 13.4. The summed E-state index contributed by atoms with van der Waals surface area (Å²) in [6, 6.07) is 8.76. The Balaban J connectivity index is 1.90. The van der Waals surface area contributed by atoms with Gasteiger partial charge in [-0.15, -0.1) is 0 Å². The van der Waals surface area contributed by atoms with Crippen LogP contribution in [-0.4, -0.2) is 11.0 Å². The van der Waals surface area contributed by atoms with E-state index < -0.39 is 0 Å². The lowest BCUT2D eigenvalue weighted by Crippen LogP contribution is -2.21. The van der Waals surface area contributed by atoms with Crippen molar-refractivity contribution in [1.29, 1.82) is 0 Å². The maximum absolute atomic E-state index is 5.81. The molecule has 0 saturated carbocycles. The van der Waals surface area contributed by atoms with Gasteiger partial charge >= 0.3 is 0 Å². The van der Waals surface area contributed by atoms with Crippen LogP contribution in [0.4, 0.5) is 0 Å². The standard InChI is InChI=1S/C16H22N2OS/c1-11(2)17-9-14-5-6-15(19-14)10-20-16-8-12(3)7-13(4)18-16/h5-8,11,17H,9-10H2,1-4H3. The largest absolute Gasteiger partial charge is 0.464 e. The van der Waals surface area contributed by atoms with Crippen LogP contribution < -0.4 is 5.32 Å². The van der Waals surface area contributed by atoms with Crippen LogP contribution in [0.5, 0.6) is 0 Å². The van der Waals surface area contributed by atoms with Crippen molar-refractivity contribution in [1.82, 2.24) is 10.3 Å². The van der Waals surface area contributed by atoms with E-state index in [1.807, 2.05) is 19.1 Å². The molecule has 0 saturated heterocycles. The van der Waals surface area contributed by atoms with Crippen LogP contribution in [0.3, 0.4) is 0 Å². The van der Waals surface area contributed by atoms with Gasteiger partial charge in [0.05, 0.1) is 17.3 Å². The smallest absolute Gasteiger partial charge is 0.118 e. The van der Waals surface area contributed by atoms with Gasteiger partial charge in [0.2, 0.25) is 0 Å². The van der Waals surface area contributed by atoms with E-state index in [2.05, 4.69) is 43.2 Å². The molecule has 0 aliphatic carbocycles. The molecule has 0 fully saturated rings. The van der Waals surface area contributed by atoms with Crippen LogP contribution in [0.25, 0.3) is 0 Å². The molecule has 0 unspecified atom stereocenters. The van der Waals surface area contributed by atoms with E-state index >= 15 is 0 Å². The van der Waals surface area contributed by atoms with Gasteiger partial charge in [-0.25, -0.2) is 4.98 Å². The molecule has 0 aromatic carbocycles. The summed E-state index contributed by atoms with van der Waals surface area (Å²) >= 11 is 1.71. The van der Waals surface area contributed by atoms with Crippen molar-refractivity contribution < 1.29 is 4.42 Å². The summed E-state index contributed by atoms with van der Waals surface area (Å²) in [7, 11) is 0. The maximum atomic E-state index is 5.81. The number of nitrogens with zero attached hydrogens (tertiary/aromatic N) is 1. The molecule has 20 heavy (non-hydrogen) atoms. The Bertz CT molecular complexity index is 543. The van der Waals surface area contributed by atoms with Crippen LogP contribution in [0.15, 0.2) is 33.7 Å². The summed E-state index contributed by atoms with van der Waals surface area (Å²) in [5.74, 6) is 2.80. The first kappa shape index (κ1) is 15.1. The van der Waals surface area contributed by atoms with Gasteiger partial charge in [0.25, 0.3) is 0 Å². The SMILES string of the molecule is Cc1cc(C)nc(SCc2ccc(CNC(C)C)o2)c1. The Labute approximate surface area is 125 Å². The first-order valence-electron chi connectivity index (χ1n) is 6.92. The van der Waals surface area contributed by atoms with E-state index in [0.29, 0.717) is 6.04 Å². The predicted octanol–water partition coefficient (Wildman–Crippen LogP) is 4.08. The summed E-state index contributed by atoms with van der Waals surface area (Å²) in [5.41, 5.74) is 2.31. The van der Waals surface area contributed by atoms with Crippen LogP contribution in [0.2, 0.25) is 0 Å². The highest BCUT2D eigenvalue weighted by atomic mass is 32.2. The average molecular weight is 290 g/mol. The van der Waals surface area contributed by atoms with E-state index in [1.165, 1.54) is 5.56 Å². The lowest BCUT2D eigenvalue weighted by Gasteiger charge is -2.05. The molecular weight excluding hydrogens is 268 g/mol. The monoisotopic (exact) mass is 290 g/mol. The number of pyridine rings is 1. The van der Waals surface area contributed by atoms with Gasteiger partial charge in [0, 0.05) is 11.7 Å². The van der Waals surface area contributed by atoms with E-state index in [9.17, 15) is 0 Å². The topological polar surface area (TPSA) is 38.1 Å². The lowest BCUT2D eigenvalue weighted by molar-refractivity contribution is 0.445. The minimum Gasteiger partial charge on any atom is -0.464 e. The second-order valence-electron chi connectivity index (χ2n) is 5.32. The Morgan fingerprint density at radius 1 is 1.20 bits per heavy atom. The fourth-order valence-corrected chi connectivity index (χ4v) is 2.85. The first-order valence-corrected chi connectivity index (χ1v) is 7.90. The molecule has 2 aromatic rings. The zero-order chi connectivity index (χ0) is 14.5. The number of thioether (sulfide) groups is 1. The Kier molecular flexibility index (Phi) is 5.26. The van der Waals surface area contributed by atoms with Crippen molar-refractivity contribution in [2.45, 2.75) is 51.1 Å². The van der Waals surface area contributed by atoms with Gasteiger partial charge in [-0.2, -0.15) is 0 Å². The van der Waals surface area contributed by atoms with E-state index in [-0.39, 0.29) is 0 Å². The highest BCUT2D eigenvalue weighted by molar-refractivity contribution is 7.98. The van der Waals surface area contributed by atoms with Crippen molar-refractivity contribution in [3.8, 4) is 0 Å². The molecule has 0 atom stereocenters. The molecule has 0 radical (unpaired) electrons. The van der Waals surface area contributed by atoms with Gasteiger partial charge in [-0.3, -0.25) is 0 Å². The third-order valence-corrected chi connectivity index (χ3v) is 3.77. The van der Waals surface area contributed by atoms with E-state index in [0.717, 1.165) is 34.5 Å². The third kappa shape index (κ3) is 4.69. The minimum atomic E-state index is 0.470. The predicted molar refractivity (Wildman–Crippen MR) is 84.0 cm³/mol. The van der Waals surface area contributed by atoms with Crippen LogP contribution in [-0.2, 0) is 12.3 Å². The van der Waals surface area contributed by atoms with Gasteiger partial charge < -0.3 is 9.73 Å². The fourth-order valence-electron chi connectivity index (χ4n) is 1.92. The molecule has 4 heteroatoms. The Hall–Kier alpha value is -1.26. The Morgan fingerprint density at radius 3 is 2.65 bits per heavy atom. The van der Waals surface area contributed by atoms with Crippen LogP contribution >= 0.6 is 11.8 Å². The van der Waals surface area contributed by atoms with Crippen molar-refractivity contribution in [2.75, 3.05) is 0 Å². The highest BCUT2D eigenvalue weighted by Gasteiger charge is 2.05. The second kappa shape index (κ2) is 6.95. The van der Waals surface area contributed by atoms with Crippen LogP contribution in [0, 0.1) is 13.8 Å². The first-order chi connectivity index (χ1) is 9.52. The third-order valence-electron chi connectivity index (χ3n) is 2.84. The molecule has 0 bridgehead atoms. The molecule has 1 N–H and O–H groups in total. The highest BCUT2D eigenvalue weighted by Crippen LogP contribution is 2.23. The van der Waals surface area contributed by atoms with Gasteiger partial charge in [-0.05, 0) is 43.7 Å². The van der Waals surface area contributed by atoms with Gasteiger partial charge in [0.1, 0.15) is 11.5 Å². The number of furan rings is 1. The summed E-state index contributed by atoms with van der Waals surface area (Å²) in [4.78, 5) is 4.52. The quantitative estimate of drug-likeness (QED) is 0.813. The number of aryl methyl sites for hydroxylation is 2. The summed E-state index contributed by atoms with van der Waals surface area (Å²) in [6.07, 6.45) is 0. The zero-order valence-electron chi connectivity index (χ0n) is 12.6. The molecule has 2 rings (SSSR count). The number of hydrogen-bond donors (Lipinski definition) is 1. The molecule has 0 amide bonds. The molecule has 108 valence electrons. The molecule has 0 aliphatic rings. The van der Waals surface area contributed by atoms with Gasteiger partial charge in [0.15, 0.2) is 0 Å². The molecule has 0 spiro atoms. The van der Waals surface area contributed by atoms with E-state index in [4.69, 9.17) is 4.42 Å². The summed E-state index contributed by atoms with van der Waals surface area (Å²) in [5, 5.41) is 4.41.